The maximum atomic E-state index is 3.73. The minimum absolute atomic E-state index is 0.174. The van der Waals surface area contributed by atoms with Gasteiger partial charge in [-0.2, -0.15) is 0 Å². The molecule has 0 aliphatic rings. The lowest BCUT2D eigenvalue weighted by Crippen LogP contribution is -2.34. The molecular weight excluding hydrogens is 330 g/mol. The van der Waals surface area contributed by atoms with E-state index in [2.05, 4.69) is 83.8 Å². The van der Waals surface area contributed by atoms with Gasteiger partial charge in [-0.3, -0.25) is 0 Å². The van der Waals surface area contributed by atoms with Crippen molar-refractivity contribution in [2.24, 2.45) is 0 Å². The monoisotopic (exact) mass is 351 g/mol. The van der Waals surface area contributed by atoms with Gasteiger partial charge in [0.25, 0.3) is 0 Å². The van der Waals surface area contributed by atoms with Crippen LogP contribution in [0.15, 0.2) is 46.3 Å². The largest absolute Gasteiger partial charge is 0.309 e. The van der Waals surface area contributed by atoms with Crippen LogP contribution in [0.2, 0.25) is 0 Å². The van der Waals surface area contributed by atoms with E-state index in [0.29, 0.717) is 6.04 Å². The molecule has 1 atom stereocenters. The summed E-state index contributed by atoms with van der Waals surface area (Å²) in [6.45, 7) is 7.83. The molecule has 0 saturated heterocycles. The summed E-state index contributed by atoms with van der Waals surface area (Å²) >= 11 is 5.40. The molecule has 0 radical (unpaired) electrons. The Balaban J connectivity index is 2.04. The third kappa shape index (κ3) is 3.94. The molecule has 108 valence electrons. The van der Waals surface area contributed by atoms with E-state index >= 15 is 0 Å². The van der Waals surface area contributed by atoms with E-state index in [-0.39, 0.29) is 5.41 Å². The molecule has 0 aliphatic carbocycles. The summed E-state index contributed by atoms with van der Waals surface area (Å²) in [6.07, 6.45) is 1.09. The quantitative estimate of drug-likeness (QED) is 0.721. The summed E-state index contributed by atoms with van der Waals surface area (Å²) in [4.78, 5) is 1.44. The zero-order valence-corrected chi connectivity index (χ0v) is 14.7. The highest BCUT2D eigenvalue weighted by Crippen LogP contribution is 2.28. The fourth-order valence-corrected chi connectivity index (χ4v) is 3.62. The molecule has 0 aliphatic heterocycles. The predicted molar refractivity (Wildman–Crippen MR) is 92.5 cm³/mol. The van der Waals surface area contributed by atoms with Crippen molar-refractivity contribution >= 4 is 27.3 Å². The number of hydrogen-bond donors (Lipinski definition) is 1. The molecule has 0 saturated carbocycles. The molecule has 2 rings (SSSR count). The average molecular weight is 352 g/mol. The molecule has 1 nitrogen and oxygen atoms in total. The Hall–Kier alpha value is -0.640. The first kappa shape index (κ1) is 15.7. The Kier molecular flexibility index (Phi) is 5.42. The number of halogens is 1. The molecule has 2 aromatic rings. The zero-order valence-electron chi connectivity index (χ0n) is 12.3. The molecule has 1 aromatic heterocycles. The van der Waals surface area contributed by atoms with Gasteiger partial charge in [0.15, 0.2) is 0 Å². The molecule has 1 N–H and O–H groups in total. The van der Waals surface area contributed by atoms with Crippen molar-refractivity contribution < 1.29 is 0 Å². The lowest BCUT2D eigenvalue weighted by atomic mass is 9.90. The van der Waals surface area contributed by atoms with Gasteiger partial charge in [-0.05, 0) is 35.6 Å². The summed E-state index contributed by atoms with van der Waals surface area (Å²) in [6, 6.07) is 13.4. The van der Waals surface area contributed by atoms with Crippen LogP contribution in [0.3, 0.4) is 0 Å². The van der Waals surface area contributed by atoms with Crippen LogP contribution in [0.1, 0.15) is 43.7 Å². The maximum absolute atomic E-state index is 3.73. The predicted octanol–water partition coefficient (Wildman–Crippen LogP) is 5.53. The van der Waals surface area contributed by atoms with Gasteiger partial charge in [-0.15, -0.1) is 11.3 Å². The zero-order chi connectivity index (χ0) is 14.6. The van der Waals surface area contributed by atoms with Gasteiger partial charge in [0.05, 0.1) is 0 Å². The number of nitrogens with one attached hydrogen (secondary N) is 1. The van der Waals surface area contributed by atoms with E-state index in [4.69, 9.17) is 0 Å². The molecule has 0 spiro atoms. The van der Waals surface area contributed by atoms with Crippen LogP contribution < -0.4 is 5.32 Å². The van der Waals surface area contributed by atoms with Gasteiger partial charge in [0.2, 0.25) is 0 Å². The van der Waals surface area contributed by atoms with Crippen molar-refractivity contribution in [2.75, 3.05) is 6.54 Å². The minimum Gasteiger partial charge on any atom is -0.309 e. The van der Waals surface area contributed by atoms with Crippen molar-refractivity contribution in [2.45, 2.75) is 38.6 Å². The second-order valence-corrected chi connectivity index (χ2v) is 7.62. The van der Waals surface area contributed by atoms with Crippen LogP contribution in [0.5, 0.6) is 0 Å². The number of thiophene rings is 1. The van der Waals surface area contributed by atoms with E-state index in [1.807, 2.05) is 11.3 Å². The Morgan fingerprint density at radius 3 is 2.65 bits per heavy atom. The van der Waals surface area contributed by atoms with Crippen LogP contribution in [0.25, 0.3) is 0 Å². The Morgan fingerprint density at radius 1 is 1.25 bits per heavy atom. The summed E-state index contributed by atoms with van der Waals surface area (Å²) in [5.74, 6) is 0. The molecule has 1 heterocycles. The Labute approximate surface area is 134 Å². The van der Waals surface area contributed by atoms with Crippen LogP contribution in [0, 0.1) is 0 Å². The first-order chi connectivity index (χ1) is 9.53. The molecule has 20 heavy (non-hydrogen) atoms. The fourth-order valence-electron chi connectivity index (χ4n) is 2.35. The first-order valence-corrected chi connectivity index (χ1v) is 8.73. The van der Waals surface area contributed by atoms with Crippen LogP contribution in [-0.2, 0) is 5.41 Å². The van der Waals surface area contributed by atoms with Gasteiger partial charge < -0.3 is 5.32 Å². The molecule has 0 bridgehead atoms. The van der Waals surface area contributed by atoms with Crippen LogP contribution >= 0.6 is 27.3 Å². The minimum atomic E-state index is 0.174. The van der Waals surface area contributed by atoms with Gasteiger partial charge in [0.1, 0.15) is 0 Å². The Bertz CT molecular complexity index is 534. The standard InChI is InChI=1S/C17H22BrNS/c1-4-15(13-7-5-8-14(18)11-13)19-12-17(2,3)16-9-6-10-20-16/h5-11,15,19H,4,12H2,1-3H3. The van der Waals surface area contributed by atoms with Gasteiger partial charge in [-0.25, -0.2) is 0 Å². The number of hydrogen-bond acceptors (Lipinski definition) is 2. The van der Waals surface area contributed by atoms with Crippen molar-refractivity contribution in [3.63, 3.8) is 0 Å². The SMILES string of the molecule is CCC(NCC(C)(C)c1cccs1)c1cccc(Br)c1. The third-order valence-corrected chi connectivity index (χ3v) is 5.37. The van der Waals surface area contributed by atoms with Gasteiger partial charge in [-0.1, -0.05) is 54.9 Å². The van der Waals surface area contributed by atoms with E-state index in [1.165, 1.54) is 10.4 Å². The number of rotatable bonds is 6. The second kappa shape index (κ2) is 6.88. The van der Waals surface area contributed by atoms with E-state index in [9.17, 15) is 0 Å². The molecule has 3 heteroatoms. The summed E-state index contributed by atoms with van der Waals surface area (Å²) in [7, 11) is 0. The van der Waals surface area contributed by atoms with E-state index in [1.54, 1.807) is 0 Å². The third-order valence-electron chi connectivity index (χ3n) is 3.64. The maximum Gasteiger partial charge on any atom is 0.0318 e. The molecule has 1 unspecified atom stereocenters. The van der Waals surface area contributed by atoms with Crippen molar-refractivity contribution in [3.05, 3.63) is 56.7 Å². The number of benzene rings is 1. The second-order valence-electron chi connectivity index (χ2n) is 5.76. The van der Waals surface area contributed by atoms with E-state index in [0.717, 1.165) is 17.4 Å². The van der Waals surface area contributed by atoms with Gasteiger partial charge in [0, 0.05) is 27.4 Å². The van der Waals surface area contributed by atoms with Crippen molar-refractivity contribution in [3.8, 4) is 0 Å². The van der Waals surface area contributed by atoms with Crippen LogP contribution in [-0.4, -0.2) is 6.54 Å². The molecule has 0 amide bonds. The smallest absolute Gasteiger partial charge is 0.0318 e. The normalized spacial score (nSPS) is 13.4. The van der Waals surface area contributed by atoms with Gasteiger partial charge >= 0.3 is 0 Å². The van der Waals surface area contributed by atoms with E-state index < -0.39 is 0 Å². The topological polar surface area (TPSA) is 12.0 Å². The molecular formula is C17H22BrNS. The summed E-state index contributed by atoms with van der Waals surface area (Å²) in [5, 5.41) is 5.88. The molecule has 0 fully saturated rings. The lowest BCUT2D eigenvalue weighted by molar-refractivity contribution is 0.421. The highest BCUT2D eigenvalue weighted by atomic mass is 79.9. The van der Waals surface area contributed by atoms with Crippen LogP contribution in [0.4, 0.5) is 0 Å². The van der Waals surface area contributed by atoms with Crippen molar-refractivity contribution in [1.29, 1.82) is 0 Å². The summed E-state index contributed by atoms with van der Waals surface area (Å²) < 4.78 is 1.15. The van der Waals surface area contributed by atoms with Crippen molar-refractivity contribution in [1.82, 2.24) is 5.32 Å². The molecule has 1 aromatic carbocycles. The first-order valence-electron chi connectivity index (χ1n) is 7.06. The highest BCUT2D eigenvalue weighted by molar-refractivity contribution is 9.10. The highest BCUT2D eigenvalue weighted by Gasteiger charge is 2.23. The fraction of sp³-hybridized carbons (Fsp3) is 0.412. The Morgan fingerprint density at radius 2 is 2.05 bits per heavy atom. The summed E-state index contributed by atoms with van der Waals surface area (Å²) in [5.41, 5.74) is 1.52. The lowest BCUT2D eigenvalue weighted by Gasteiger charge is -2.27. The average Bonchev–Trinajstić information content (AvgIpc) is 2.94.